The molecular weight excluding hydrogens is 995 g/mol. The number of carbonyl (C=O) groups excluding carboxylic acids is 2. The number of ether oxygens (including phenoxy) is 1. The van der Waals surface area contributed by atoms with E-state index in [1.54, 1.807) is 6.08 Å². The molecule has 0 spiro atoms. The van der Waals surface area contributed by atoms with Crippen LogP contribution in [0.4, 0.5) is 0 Å². The van der Waals surface area contributed by atoms with E-state index >= 15 is 0 Å². The van der Waals surface area contributed by atoms with Crippen LogP contribution >= 0.6 is 0 Å². The Morgan fingerprint density at radius 3 is 0.951 bits per heavy atom. The van der Waals surface area contributed by atoms with E-state index in [4.69, 9.17) is 4.74 Å². The fraction of sp³-hybridized carbons (Fsp3) is 0.867. The Labute approximate surface area is 506 Å². The van der Waals surface area contributed by atoms with E-state index in [1.165, 1.54) is 315 Å². The average molecular weight is 1140 g/mol. The molecule has 0 aromatic heterocycles. The number of allylic oxidation sites excluding steroid dienone is 7. The fourth-order valence-corrected chi connectivity index (χ4v) is 11.3. The van der Waals surface area contributed by atoms with Gasteiger partial charge in [0, 0.05) is 12.8 Å². The van der Waals surface area contributed by atoms with E-state index in [9.17, 15) is 19.8 Å². The SMILES string of the molecule is CCCCCCCC/C=C\CCCCCCCCCCCC(=O)OCCCCCCCCCCC/C=C\C/C=C\CCCCCCCCCCCCCC(=O)NC(CO)C(O)/C=C/CCCCCCCCCCCCCCCCCC. The first-order valence-electron chi connectivity index (χ1n) is 36.4. The van der Waals surface area contributed by atoms with Crippen LogP contribution in [0, 0.1) is 0 Å². The quantitative estimate of drug-likeness (QED) is 0.0320. The summed E-state index contributed by atoms with van der Waals surface area (Å²) in [6, 6.07) is -0.632. The van der Waals surface area contributed by atoms with Crippen LogP contribution < -0.4 is 5.32 Å². The van der Waals surface area contributed by atoms with Crippen molar-refractivity contribution in [3.05, 3.63) is 48.6 Å². The van der Waals surface area contributed by atoms with Gasteiger partial charge < -0.3 is 20.3 Å². The van der Waals surface area contributed by atoms with Gasteiger partial charge in [-0.2, -0.15) is 0 Å². The summed E-state index contributed by atoms with van der Waals surface area (Å²) in [5.41, 5.74) is 0. The Bertz CT molecular complexity index is 1360. The molecule has 6 nitrogen and oxygen atoms in total. The molecule has 6 heteroatoms. The normalized spacial score (nSPS) is 12.8. The van der Waals surface area contributed by atoms with E-state index in [-0.39, 0.29) is 18.5 Å². The van der Waals surface area contributed by atoms with Gasteiger partial charge in [-0.15, -0.1) is 0 Å². The Morgan fingerprint density at radius 1 is 0.346 bits per heavy atom. The highest BCUT2D eigenvalue weighted by Gasteiger charge is 2.18. The van der Waals surface area contributed by atoms with Gasteiger partial charge >= 0.3 is 5.97 Å². The third kappa shape index (κ3) is 66.8. The molecule has 0 radical (unpaired) electrons. The molecule has 476 valence electrons. The second-order valence-corrected chi connectivity index (χ2v) is 24.9. The molecule has 2 unspecified atom stereocenters. The van der Waals surface area contributed by atoms with Gasteiger partial charge in [0.2, 0.25) is 5.91 Å². The first kappa shape index (κ1) is 78.8. The van der Waals surface area contributed by atoms with Crippen molar-refractivity contribution in [2.24, 2.45) is 0 Å². The summed E-state index contributed by atoms with van der Waals surface area (Å²) >= 11 is 0. The number of aliphatic hydroxyl groups is 2. The van der Waals surface area contributed by atoms with Crippen LogP contribution in [0.2, 0.25) is 0 Å². The monoisotopic (exact) mass is 1140 g/mol. The molecule has 0 saturated heterocycles. The summed E-state index contributed by atoms with van der Waals surface area (Å²) in [4.78, 5) is 24.6. The number of carbonyl (C=O) groups is 2. The van der Waals surface area contributed by atoms with Crippen molar-refractivity contribution in [3.8, 4) is 0 Å². The minimum atomic E-state index is -0.848. The summed E-state index contributed by atoms with van der Waals surface area (Å²) in [6.07, 6.45) is 91.9. The third-order valence-corrected chi connectivity index (χ3v) is 16.8. The van der Waals surface area contributed by atoms with Crippen molar-refractivity contribution in [1.82, 2.24) is 5.32 Å². The van der Waals surface area contributed by atoms with Gasteiger partial charge in [0.15, 0.2) is 0 Å². The molecule has 0 aliphatic carbocycles. The van der Waals surface area contributed by atoms with E-state index in [1.807, 2.05) is 6.08 Å². The van der Waals surface area contributed by atoms with Gasteiger partial charge in [-0.3, -0.25) is 9.59 Å². The lowest BCUT2D eigenvalue weighted by molar-refractivity contribution is -0.143. The summed E-state index contributed by atoms with van der Waals surface area (Å²) in [5.74, 6) is -0.0585. The molecule has 0 fully saturated rings. The topological polar surface area (TPSA) is 95.9 Å². The maximum atomic E-state index is 12.5. The molecule has 2 atom stereocenters. The zero-order chi connectivity index (χ0) is 58.5. The smallest absolute Gasteiger partial charge is 0.305 e. The Hall–Kier alpha value is -2.18. The molecule has 0 aliphatic rings. The van der Waals surface area contributed by atoms with Crippen molar-refractivity contribution >= 4 is 11.9 Å². The van der Waals surface area contributed by atoms with Gasteiger partial charge in [0.25, 0.3) is 0 Å². The van der Waals surface area contributed by atoms with Crippen LogP contribution in [0.3, 0.4) is 0 Å². The van der Waals surface area contributed by atoms with Crippen molar-refractivity contribution < 1.29 is 24.5 Å². The van der Waals surface area contributed by atoms with Crippen LogP contribution in [0.1, 0.15) is 393 Å². The highest BCUT2D eigenvalue weighted by Crippen LogP contribution is 2.18. The average Bonchev–Trinajstić information content (AvgIpc) is 3.47. The van der Waals surface area contributed by atoms with Crippen molar-refractivity contribution in [2.75, 3.05) is 13.2 Å². The Kier molecular flexibility index (Phi) is 68.4. The number of aliphatic hydroxyl groups excluding tert-OH is 2. The molecular formula is C75H141NO5. The maximum Gasteiger partial charge on any atom is 0.305 e. The van der Waals surface area contributed by atoms with E-state index in [0.29, 0.717) is 19.4 Å². The fourth-order valence-electron chi connectivity index (χ4n) is 11.3. The number of rotatable bonds is 68. The summed E-state index contributed by atoms with van der Waals surface area (Å²) in [6.45, 7) is 4.93. The third-order valence-electron chi connectivity index (χ3n) is 16.8. The summed E-state index contributed by atoms with van der Waals surface area (Å²) < 4.78 is 5.50. The van der Waals surface area contributed by atoms with Crippen LogP contribution in [0.15, 0.2) is 48.6 Å². The van der Waals surface area contributed by atoms with Gasteiger partial charge in [0.05, 0.1) is 25.4 Å². The number of amides is 1. The second-order valence-electron chi connectivity index (χ2n) is 24.9. The van der Waals surface area contributed by atoms with Crippen LogP contribution in [0.25, 0.3) is 0 Å². The Morgan fingerprint density at radius 2 is 0.617 bits per heavy atom. The number of nitrogens with one attached hydrogen (secondary N) is 1. The van der Waals surface area contributed by atoms with Crippen LogP contribution in [0.5, 0.6) is 0 Å². The highest BCUT2D eigenvalue weighted by molar-refractivity contribution is 5.76. The number of esters is 1. The van der Waals surface area contributed by atoms with Gasteiger partial charge in [0.1, 0.15) is 0 Å². The molecule has 3 N–H and O–H groups in total. The molecule has 0 aromatic rings. The first-order chi connectivity index (χ1) is 40.0. The van der Waals surface area contributed by atoms with E-state index < -0.39 is 12.1 Å². The zero-order valence-corrected chi connectivity index (χ0v) is 54.5. The molecule has 0 aliphatic heterocycles. The largest absolute Gasteiger partial charge is 0.466 e. The number of unbranched alkanes of at least 4 members (excludes halogenated alkanes) is 51. The van der Waals surface area contributed by atoms with E-state index in [2.05, 4.69) is 55.6 Å². The minimum absolute atomic E-state index is 0.0101. The first-order valence-corrected chi connectivity index (χ1v) is 36.4. The summed E-state index contributed by atoms with van der Waals surface area (Å²) in [5, 5.41) is 23.2. The van der Waals surface area contributed by atoms with Crippen molar-refractivity contribution in [2.45, 2.75) is 405 Å². The molecule has 0 heterocycles. The lowest BCUT2D eigenvalue weighted by Gasteiger charge is -2.20. The molecule has 0 rings (SSSR count). The molecule has 0 saturated carbocycles. The van der Waals surface area contributed by atoms with Crippen molar-refractivity contribution in [3.63, 3.8) is 0 Å². The van der Waals surface area contributed by atoms with Crippen LogP contribution in [-0.2, 0) is 14.3 Å². The van der Waals surface area contributed by atoms with Gasteiger partial charge in [-0.25, -0.2) is 0 Å². The van der Waals surface area contributed by atoms with Crippen LogP contribution in [-0.4, -0.2) is 47.4 Å². The predicted molar refractivity (Wildman–Crippen MR) is 356 cm³/mol. The minimum Gasteiger partial charge on any atom is -0.466 e. The maximum absolute atomic E-state index is 12.5. The van der Waals surface area contributed by atoms with Crippen molar-refractivity contribution in [1.29, 1.82) is 0 Å². The van der Waals surface area contributed by atoms with Gasteiger partial charge in [-0.1, -0.05) is 339 Å². The zero-order valence-electron chi connectivity index (χ0n) is 54.5. The van der Waals surface area contributed by atoms with Gasteiger partial charge in [-0.05, 0) is 89.9 Å². The molecule has 0 bridgehead atoms. The highest BCUT2D eigenvalue weighted by atomic mass is 16.5. The van der Waals surface area contributed by atoms with E-state index in [0.717, 1.165) is 51.4 Å². The predicted octanol–water partition coefficient (Wildman–Crippen LogP) is 23.6. The molecule has 81 heavy (non-hydrogen) atoms. The number of hydrogen-bond donors (Lipinski definition) is 3. The standard InChI is InChI=1S/C75H141NO5/c1-3-5-7-9-11-13-15-17-19-21-32-37-41-45-49-53-57-61-65-69-75(80)81-70-66-62-58-54-50-46-42-38-34-31-29-27-25-23-24-26-28-30-33-36-40-44-48-52-56-60-64-68-74(79)76-72(71-77)73(78)67-63-59-55-51-47-43-39-35-22-20-18-16-14-12-10-8-6-4-2/h17,19,23-24,27,29,63,67,72-73,77-78H,3-16,18,20-22,25-26,28,30-62,64-66,68-71H2,1-2H3,(H,76,79)/b19-17-,24-23-,29-27-,67-63+. The Balaban J connectivity index is 3.43. The lowest BCUT2D eigenvalue weighted by atomic mass is 10.0. The number of hydrogen-bond acceptors (Lipinski definition) is 5. The second kappa shape index (κ2) is 70.3. The molecule has 1 amide bonds. The lowest BCUT2D eigenvalue weighted by Crippen LogP contribution is -2.45. The summed E-state index contributed by atoms with van der Waals surface area (Å²) in [7, 11) is 0. The molecule has 0 aromatic carbocycles.